The Kier molecular flexibility index (Phi) is 3.92. The van der Waals surface area contributed by atoms with Crippen LogP contribution in [0.3, 0.4) is 0 Å². The third-order valence-corrected chi connectivity index (χ3v) is 4.25. The number of ether oxygens (including phenoxy) is 1. The van der Waals surface area contributed by atoms with Gasteiger partial charge in [0.15, 0.2) is 6.61 Å². The van der Waals surface area contributed by atoms with Crippen LogP contribution in [0.4, 0.5) is 5.69 Å². The molecule has 1 saturated carbocycles. The predicted octanol–water partition coefficient (Wildman–Crippen LogP) is 2.25. The maximum absolute atomic E-state index is 12.0. The number of nitrogens with one attached hydrogen (secondary N) is 1. The second kappa shape index (κ2) is 6.02. The van der Waals surface area contributed by atoms with Crippen LogP contribution in [0.5, 0.6) is 0 Å². The maximum Gasteiger partial charge on any atom is 0.310 e. The lowest BCUT2D eigenvalue weighted by molar-refractivity contribution is -0.152. The van der Waals surface area contributed by atoms with Crippen LogP contribution in [0.2, 0.25) is 0 Å². The molecule has 2 aliphatic carbocycles. The fourth-order valence-electron chi connectivity index (χ4n) is 3.17. The van der Waals surface area contributed by atoms with Crippen molar-refractivity contribution in [3.05, 3.63) is 42.0 Å². The number of rotatable bonds is 4. The van der Waals surface area contributed by atoms with Gasteiger partial charge in [0, 0.05) is 0 Å². The molecule has 1 aromatic rings. The van der Waals surface area contributed by atoms with E-state index in [1.807, 2.05) is 6.07 Å². The number of nitriles is 1. The lowest BCUT2D eigenvalue weighted by Crippen LogP contribution is -2.26. The van der Waals surface area contributed by atoms with Crippen LogP contribution >= 0.6 is 0 Å². The zero-order valence-corrected chi connectivity index (χ0v) is 12.0. The standard InChI is InChI=1S/C17H16N2O3/c18-9-13-3-1-2-4-15(13)19-16(20)10-22-17(21)14-8-11-5-6-12(14)7-11/h1-6,11-12,14H,7-8,10H2,(H,19,20). The Hall–Kier alpha value is -2.61. The molecule has 1 N–H and O–H groups in total. The normalized spacial score (nSPS) is 24.8. The first-order valence-electron chi connectivity index (χ1n) is 7.31. The van der Waals surface area contributed by atoms with Gasteiger partial charge in [-0.2, -0.15) is 5.26 Å². The van der Waals surface area contributed by atoms with E-state index >= 15 is 0 Å². The lowest BCUT2D eigenvalue weighted by Gasteiger charge is -2.16. The van der Waals surface area contributed by atoms with E-state index in [1.54, 1.807) is 24.3 Å². The highest BCUT2D eigenvalue weighted by atomic mass is 16.5. The second-order valence-corrected chi connectivity index (χ2v) is 5.70. The van der Waals surface area contributed by atoms with Crippen LogP contribution in [0.1, 0.15) is 18.4 Å². The Balaban J connectivity index is 1.51. The van der Waals surface area contributed by atoms with E-state index in [4.69, 9.17) is 10.00 Å². The number of hydrogen-bond donors (Lipinski definition) is 1. The van der Waals surface area contributed by atoms with Gasteiger partial charge in [0.25, 0.3) is 5.91 Å². The smallest absolute Gasteiger partial charge is 0.310 e. The fourth-order valence-corrected chi connectivity index (χ4v) is 3.17. The number of benzene rings is 1. The number of hydrogen-bond acceptors (Lipinski definition) is 4. The van der Waals surface area contributed by atoms with Crippen molar-refractivity contribution in [1.29, 1.82) is 5.26 Å². The Morgan fingerprint density at radius 1 is 1.27 bits per heavy atom. The minimum atomic E-state index is -0.435. The molecule has 112 valence electrons. The van der Waals surface area contributed by atoms with Gasteiger partial charge in [-0.05, 0) is 36.8 Å². The number of fused-ring (bicyclic) bond motifs is 2. The van der Waals surface area contributed by atoms with Gasteiger partial charge < -0.3 is 10.1 Å². The molecule has 0 aromatic heterocycles. The maximum atomic E-state index is 12.0. The summed E-state index contributed by atoms with van der Waals surface area (Å²) in [5, 5.41) is 11.5. The van der Waals surface area contributed by atoms with Gasteiger partial charge in [0.2, 0.25) is 0 Å². The summed E-state index contributed by atoms with van der Waals surface area (Å²) in [7, 11) is 0. The number of nitrogens with zero attached hydrogens (tertiary/aromatic N) is 1. The van der Waals surface area contributed by atoms with E-state index < -0.39 is 5.91 Å². The highest BCUT2D eigenvalue weighted by molar-refractivity contribution is 5.94. The number of anilines is 1. The molecule has 22 heavy (non-hydrogen) atoms. The van der Waals surface area contributed by atoms with Crippen LogP contribution in [-0.4, -0.2) is 18.5 Å². The predicted molar refractivity (Wildman–Crippen MR) is 79.6 cm³/mol. The number of allylic oxidation sites excluding steroid dienone is 2. The van der Waals surface area contributed by atoms with Crippen LogP contribution in [0.25, 0.3) is 0 Å². The second-order valence-electron chi connectivity index (χ2n) is 5.70. The highest BCUT2D eigenvalue weighted by Crippen LogP contribution is 2.43. The average molecular weight is 296 g/mol. The Bertz CT molecular complexity index is 675. The van der Waals surface area contributed by atoms with Crippen molar-refractivity contribution in [2.45, 2.75) is 12.8 Å². The molecule has 0 saturated heterocycles. The molecule has 3 rings (SSSR count). The number of amides is 1. The van der Waals surface area contributed by atoms with Gasteiger partial charge in [0.1, 0.15) is 6.07 Å². The molecule has 5 heteroatoms. The first-order chi connectivity index (χ1) is 10.7. The monoisotopic (exact) mass is 296 g/mol. The molecular weight excluding hydrogens is 280 g/mol. The summed E-state index contributed by atoms with van der Waals surface area (Å²) >= 11 is 0. The van der Waals surface area contributed by atoms with Crippen molar-refractivity contribution < 1.29 is 14.3 Å². The van der Waals surface area contributed by atoms with Crippen molar-refractivity contribution in [2.24, 2.45) is 17.8 Å². The van der Waals surface area contributed by atoms with Crippen molar-refractivity contribution in [2.75, 3.05) is 11.9 Å². The zero-order chi connectivity index (χ0) is 15.5. The minimum absolute atomic E-state index is 0.116. The summed E-state index contributed by atoms with van der Waals surface area (Å²) in [6, 6.07) is 8.70. The third-order valence-electron chi connectivity index (χ3n) is 4.25. The molecule has 0 aliphatic heterocycles. The van der Waals surface area contributed by atoms with Gasteiger partial charge in [-0.3, -0.25) is 9.59 Å². The average Bonchev–Trinajstić information content (AvgIpc) is 3.16. The van der Waals surface area contributed by atoms with Crippen molar-refractivity contribution in [3.63, 3.8) is 0 Å². The van der Waals surface area contributed by atoms with E-state index in [9.17, 15) is 9.59 Å². The summed E-state index contributed by atoms with van der Waals surface area (Å²) in [5.41, 5.74) is 0.800. The molecule has 2 aliphatic rings. The van der Waals surface area contributed by atoms with E-state index in [1.165, 1.54) is 0 Å². The summed E-state index contributed by atoms with van der Waals surface area (Å²) in [5.74, 6) is -0.108. The summed E-state index contributed by atoms with van der Waals surface area (Å²) < 4.78 is 5.12. The van der Waals surface area contributed by atoms with Gasteiger partial charge in [-0.1, -0.05) is 24.3 Å². The molecule has 0 heterocycles. The molecule has 5 nitrogen and oxygen atoms in total. The molecule has 2 bridgehead atoms. The fraction of sp³-hybridized carbons (Fsp3) is 0.353. The van der Waals surface area contributed by atoms with Crippen LogP contribution in [0, 0.1) is 29.1 Å². The summed E-state index contributed by atoms with van der Waals surface area (Å²) in [6.07, 6.45) is 6.06. The summed E-state index contributed by atoms with van der Waals surface area (Å²) in [4.78, 5) is 23.9. The van der Waals surface area contributed by atoms with Gasteiger partial charge in [-0.25, -0.2) is 0 Å². The number of esters is 1. The molecular formula is C17H16N2O3. The van der Waals surface area contributed by atoms with Gasteiger partial charge >= 0.3 is 5.97 Å². The van der Waals surface area contributed by atoms with E-state index in [-0.39, 0.29) is 24.4 Å². The molecule has 0 radical (unpaired) electrons. The Morgan fingerprint density at radius 2 is 2.09 bits per heavy atom. The van der Waals surface area contributed by atoms with Crippen molar-refractivity contribution >= 4 is 17.6 Å². The molecule has 1 aromatic carbocycles. The van der Waals surface area contributed by atoms with E-state index in [0.29, 0.717) is 17.2 Å². The summed E-state index contributed by atoms with van der Waals surface area (Å²) in [6.45, 7) is -0.323. The van der Waals surface area contributed by atoms with E-state index in [2.05, 4.69) is 17.5 Å². The largest absolute Gasteiger partial charge is 0.455 e. The Morgan fingerprint density at radius 3 is 2.77 bits per heavy atom. The topological polar surface area (TPSA) is 79.2 Å². The zero-order valence-electron chi connectivity index (χ0n) is 12.0. The van der Waals surface area contributed by atoms with Gasteiger partial charge in [0.05, 0.1) is 17.2 Å². The quantitative estimate of drug-likeness (QED) is 0.682. The molecule has 1 fully saturated rings. The minimum Gasteiger partial charge on any atom is -0.455 e. The first-order valence-corrected chi connectivity index (χ1v) is 7.31. The highest BCUT2D eigenvalue weighted by Gasteiger charge is 2.40. The van der Waals surface area contributed by atoms with Crippen LogP contribution in [-0.2, 0) is 14.3 Å². The lowest BCUT2D eigenvalue weighted by atomic mass is 9.94. The molecule has 0 spiro atoms. The number of carbonyl (C=O) groups is 2. The number of para-hydroxylation sites is 1. The molecule has 3 unspecified atom stereocenters. The van der Waals surface area contributed by atoms with E-state index in [0.717, 1.165) is 12.8 Å². The first kappa shape index (κ1) is 14.3. The third kappa shape index (κ3) is 2.86. The molecule has 1 amide bonds. The SMILES string of the molecule is N#Cc1ccccc1NC(=O)COC(=O)C1CC2C=CC1C2. The Labute approximate surface area is 128 Å². The number of carbonyl (C=O) groups excluding carboxylic acids is 2. The van der Waals surface area contributed by atoms with Crippen LogP contribution in [0.15, 0.2) is 36.4 Å². The van der Waals surface area contributed by atoms with Crippen molar-refractivity contribution in [1.82, 2.24) is 0 Å². The van der Waals surface area contributed by atoms with Gasteiger partial charge in [-0.15, -0.1) is 0 Å². The van der Waals surface area contributed by atoms with Crippen LogP contribution < -0.4 is 5.32 Å². The molecule has 3 atom stereocenters. The van der Waals surface area contributed by atoms with Crippen molar-refractivity contribution in [3.8, 4) is 6.07 Å².